The Balaban J connectivity index is 1.57. The molecule has 0 radical (unpaired) electrons. The highest BCUT2D eigenvalue weighted by molar-refractivity contribution is 8.00. The van der Waals surface area contributed by atoms with Gasteiger partial charge in [-0.15, -0.1) is 10.2 Å². The van der Waals surface area contributed by atoms with E-state index in [1.807, 2.05) is 60.0 Å². The Kier molecular flexibility index (Phi) is 6.81. The first-order valence-corrected chi connectivity index (χ1v) is 11.0. The fourth-order valence-electron chi connectivity index (χ4n) is 3.15. The number of amides is 1. The number of carbonyl (C=O) groups excluding carboxylic acids is 1. The van der Waals surface area contributed by atoms with E-state index in [-0.39, 0.29) is 11.2 Å². The van der Waals surface area contributed by atoms with Crippen LogP contribution in [0.25, 0.3) is 11.4 Å². The number of hydrogen-bond acceptors (Lipinski definition) is 6. The van der Waals surface area contributed by atoms with Gasteiger partial charge in [0.25, 0.3) is 0 Å². The first kappa shape index (κ1) is 21.6. The molecule has 0 unspecified atom stereocenters. The van der Waals surface area contributed by atoms with Gasteiger partial charge >= 0.3 is 0 Å². The van der Waals surface area contributed by atoms with E-state index in [1.54, 1.807) is 25.6 Å². The van der Waals surface area contributed by atoms with Crippen LogP contribution in [0.2, 0.25) is 0 Å². The van der Waals surface area contributed by atoms with E-state index < -0.39 is 0 Å². The molecule has 0 aliphatic carbocycles. The minimum Gasteiger partial charge on any atom is -0.497 e. The van der Waals surface area contributed by atoms with Crippen molar-refractivity contribution in [1.29, 1.82) is 0 Å². The van der Waals surface area contributed by atoms with Crippen molar-refractivity contribution in [1.82, 2.24) is 19.7 Å². The zero-order chi connectivity index (χ0) is 22.3. The topological polar surface area (TPSA) is 81.9 Å². The molecule has 1 N–H and O–H groups in total. The number of carbonyl (C=O) groups is 1. The minimum atomic E-state index is -0.387. The van der Waals surface area contributed by atoms with Gasteiger partial charge in [-0.25, -0.2) is 0 Å². The van der Waals surface area contributed by atoms with Crippen molar-refractivity contribution in [3.8, 4) is 17.1 Å². The lowest BCUT2D eigenvalue weighted by molar-refractivity contribution is -0.115. The maximum Gasteiger partial charge on any atom is 0.237 e. The summed E-state index contributed by atoms with van der Waals surface area (Å²) in [7, 11) is 1.60. The molecular formula is C24H23N5O2S. The molecule has 0 spiro atoms. The van der Waals surface area contributed by atoms with Crippen LogP contribution in [0.4, 0.5) is 5.69 Å². The quantitative estimate of drug-likeness (QED) is 0.402. The van der Waals surface area contributed by atoms with Crippen molar-refractivity contribution in [2.24, 2.45) is 0 Å². The molecule has 2 aromatic carbocycles. The Morgan fingerprint density at radius 1 is 1.09 bits per heavy atom. The molecule has 0 saturated carbocycles. The fraction of sp³-hybridized carbons (Fsp3) is 0.167. The number of pyridine rings is 1. The van der Waals surface area contributed by atoms with Crippen LogP contribution in [0.15, 0.2) is 84.3 Å². The molecule has 7 nitrogen and oxygen atoms in total. The van der Waals surface area contributed by atoms with Crippen molar-refractivity contribution in [3.63, 3.8) is 0 Å². The lowest BCUT2D eigenvalue weighted by atomic mass is 10.2. The van der Waals surface area contributed by atoms with E-state index in [0.717, 1.165) is 11.1 Å². The van der Waals surface area contributed by atoms with Gasteiger partial charge in [-0.2, -0.15) is 0 Å². The van der Waals surface area contributed by atoms with Crippen LogP contribution in [0.5, 0.6) is 5.75 Å². The molecule has 32 heavy (non-hydrogen) atoms. The molecule has 8 heteroatoms. The third kappa shape index (κ3) is 5.15. The van der Waals surface area contributed by atoms with E-state index in [4.69, 9.17) is 4.74 Å². The summed E-state index contributed by atoms with van der Waals surface area (Å²) >= 11 is 1.37. The molecule has 0 fully saturated rings. The average Bonchev–Trinajstić information content (AvgIpc) is 3.22. The van der Waals surface area contributed by atoms with Gasteiger partial charge < -0.3 is 10.1 Å². The van der Waals surface area contributed by atoms with Gasteiger partial charge in [0, 0.05) is 29.7 Å². The maximum absolute atomic E-state index is 12.8. The molecule has 1 amide bonds. The Morgan fingerprint density at radius 2 is 1.94 bits per heavy atom. The smallest absolute Gasteiger partial charge is 0.237 e. The number of nitrogens with one attached hydrogen (secondary N) is 1. The van der Waals surface area contributed by atoms with Gasteiger partial charge in [-0.1, -0.05) is 48.2 Å². The van der Waals surface area contributed by atoms with E-state index in [9.17, 15) is 4.79 Å². The molecule has 2 aromatic heterocycles. The molecule has 162 valence electrons. The third-order valence-corrected chi connectivity index (χ3v) is 5.89. The number of ether oxygens (including phenoxy) is 1. The number of hydrogen-bond donors (Lipinski definition) is 1. The van der Waals surface area contributed by atoms with Crippen molar-refractivity contribution in [3.05, 3.63) is 84.7 Å². The first-order chi connectivity index (χ1) is 15.6. The SMILES string of the molecule is COc1cccc(NC(=O)[C@H](C)Sc2nnc(-c3cccnc3)n2Cc2ccccc2)c1. The Bertz CT molecular complexity index is 1180. The number of methoxy groups -OCH3 is 1. The molecule has 0 aliphatic heterocycles. The van der Waals surface area contributed by atoms with Crippen molar-refractivity contribution < 1.29 is 9.53 Å². The van der Waals surface area contributed by atoms with E-state index in [0.29, 0.717) is 29.0 Å². The maximum atomic E-state index is 12.8. The van der Waals surface area contributed by atoms with Gasteiger partial charge in [0.1, 0.15) is 5.75 Å². The highest BCUT2D eigenvalue weighted by Crippen LogP contribution is 2.28. The minimum absolute atomic E-state index is 0.125. The standard InChI is InChI=1S/C24H23N5O2S/c1-17(23(30)26-20-11-6-12-21(14-20)31-2)32-24-28-27-22(19-10-7-13-25-15-19)29(24)16-18-8-4-3-5-9-18/h3-15,17H,16H2,1-2H3,(H,26,30)/t17-/m0/s1. The number of aromatic nitrogens is 4. The summed E-state index contributed by atoms with van der Waals surface area (Å²) in [6, 6.07) is 21.2. The summed E-state index contributed by atoms with van der Waals surface area (Å²) < 4.78 is 7.25. The summed E-state index contributed by atoms with van der Waals surface area (Å²) in [5.74, 6) is 1.28. The largest absolute Gasteiger partial charge is 0.497 e. The molecular weight excluding hydrogens is 422 g/mol. The van der Waals surface area contributed by atoms with Gasteiger partial charge in [0.15, 0.2) is 11.0 Å². The van der Waals surface area contributed by atoms with Crippen LogP contribution < -0.4 is 10.1 Å². The summed E-state index contributed by atoms with van der Waals surface area (Å²) in [5.41, 5.74) is 2.67. The fourth-order valence-corrected chi connectivity index (χ4v) is 4.00. The number of thioether (sulfide) groups is 1. The van der Waals surface area contributed by atoms with Gasteiger partial charge in [0.05, 0.1) is 18.9 Å². The van der Waals surface area contributed by atoms with E-state index >= 15 is 0 Å². The Morgan fingerprint density at radius 3 is 2.69 bits per heavy atom. The summed E-state index contributed by atoms with van der Waals surface area (Å²) in [6.45, 7) is 2.44. The van der Waals surface area contributed by atoms with Crippen molar-refractivity contribution in [2.45, 2.75) is 23.9 Å². The second kappa shape index (κ2) is 10.1. The zero-order valence-corrected chi connectivity index (χ0v) is 18.6. The molecule has 0 bridgehead atoms. The number of rotatable bonds is 8. The third-order valence-electron chi connectivity index (χ3n) is 4.81. The summed E-state index contributed by atoms with van der Waals surface area (Å²) in [6.07, 6.45) is 3.49. The van der Waals surface area contributed by atoms with Crippen LogP contribution in [0.3, 0.4) is 0 Å². The van der Waals surface area contributed by atoms with Crippen LogP contribution in [-0.4, -0.2) is 38.0 Å². The predicted octanol–water partition coefficient (Wildman–Crippen LogP) is 4.52. The van der Waals surface area contributed by atoms with Gasteiger partial charge in [0.2, 0.25) is 5.91 Å². The highest BCUT2D eigenvalue weighted by atomic mass is 32.2. The van der Waals surface area contributed by atoms with Gasteiger partial charge in [-0.3, -0.25) is 14.3 Å². The van der Waals surface area contributed by atoms with Crippen molar-refractivity contribution >= 4 is 23.4 Å². The number of nitrogens with zero attached hydrogens (tertiary/aromatic N) is 4. The molecule has 4 aromatic rings. The second-order valence-corrected chi connectivity index (χ2v) is 8.41. The number of benzene rings is 2. The normalized spacial score (nSPS) is 11.7. The summed E-state index contributed by atoms with van der Waals surface area (Å²) in [4.78, 5) is 17.0. The van der Waals surface area contributed by atoms with Crippen LogP contribution in [0.1, 0.15) is 12.5 Å². The second-order valence-electron chi connectivity index (χ2n) is 7.10. The zero-order valence-electron chi connectivity index (χ0n) is 17.8. The average molecular weight is 446 g/mol. The lowest BCUT2D eigenvalue weighted by Crippen LogP contribution is -2.23. The number of anilines is 1. The summed E-state index contributed by atoms with van der Waals surface area (Å²) in [5, 5.41) is 12.0. The molecule has 2 heterocycles. The van der Waals surface area contributed by atoms with E-state index in [1.165, 1.54) is 11.8 Å². The molecule has 0 saturated heterocycles. The molecule has 4 rings (SSSR count). The first-order valence-electron chi connectivity index (χ1n) is 10.1. The Hall–Kier alpha value is -3.65. The van der Waals surface area contributed by atoms with Crippen LogP contribution in [0, 0.1) is 0 Å². The van der Waals surface area contributed by atoms with Crippen LogP contribution >= 0.6 is 11.8 Å². The van der Waals surface area contributed by atoms with Crippen LogP contribution in [-0.2, 0) is 11.3 Å². The van der Waals surface area contributed by atoms with Crippen molar-refractivity contribution in [2.75, 3.05) is 12.4 Å². The highest BCUT2D eigenvalue weighted by Gasteiger charge is 2.21. The molecule has 1 atom stereocenters. The lowest BCUT2D eigenvalue weighted by Gasteiger charge is -2.14. The Labute approximate surface area is 190 Å². The van der Waals surface area contributed by atoms with E-state index in [2.05, 4.69) is 32.6 Å². The monoisotopic (exact) mass is 445 g/mol. The van der Waals surface area contributed by atoms with Gasteiger partial charge in [-0.05, 0) is 36.8 Å². The molecule has 0 aliphatic rings. The predicted molar refractivity (Wildman–Crippen MR) is 126 cm³/mol.